The lowest BCUT2D eigenvalue weighted by Crippen LogP contribution is -2.19. The number of methoxy groups -OCH3 is 2. The summed E-state index contributed by atoms with van der Waals surface area (Å²) < 4.78 is 40.0. The Morgan fingerprint density at radius 2 is 1.57 bits per heavy atom. The molecule has 3 aromatic carbocycles. The van der Waals surface area contributed by atoms with Crippen LogP contribution in [0.3, 0.4) is 0 Å². The maximum Gasteiger partial charge on any atom is 0.263 e. The molecule has 37 heavy (non-hydrogen) atoms. The van der Waals surface area contributed by atoms with Crippen LogP contribution in [0.25, 0.3) is 11.0 Å². The Bertz CT molecular complexity index is 1560. The fraction of sp³-hybridized carbons (Fsp3) is 0.192. The van der Waals surface area contributed by atoms with Crippen LogP contribution in [0.4, 0.5) is 17.3 Å². The summed E-state index contributed by atoms with van der Waals surface area (Å²) in [6.07, 6.45) is 0.634. The highest BCUT2D eigenvalue weighted by atomic mass is 32.2. The average molecular weight is 522 g/mol. The lowest BCUT2D eigenvalue weighted by Gasteiger charge is -2.18. The number of aromatic nitrogens is 2. The van der Waals surface area contributed by atoms with Crippen molar-refractivity contribution >= 4 is 44.3 Å². The molecule has 1 amide bonds. The third-order valence-electron chi connectivity index (χ3n) is 5.70. The van der Waals surface area contributed by atoms with E-state index in [2.05, 4.69) is 25.3 Å². The number of hydrogen-bond donors (Lipinski definition) is 3. The van der Waals surface area contributed by atoms with Gasteiger partial charge in [0.2, 0.25) is 0 Å². The molecule has 3 N–H and O–H groups in total. The first kappa shape index (κ1) is 25.7. The van der Waals surface area contributed by atoms with Gasteiger partial charge in [0.05, 0.1) is 35.8 Å². The molecule has 11 heteroatoms. The Kier molecular flexibility index (Phi) is 7.44. The molecule has 0 atom stereocenters. The number of sulfonamides is 1. The van der Waals surface area contributed by atoms with E-state index >= 15 is 0 Å². The van der Waals surface area contributed by atoms with Crippen molar-refractivity contribution in [2.24, 2.45) is 0 Å². The van der Waals surface area contributed by atoms with Gasteiger partial charge in [0, 0.05) is 30.3 Å². The molecule has 1 heterocycles. The Balaban J connectivity index is 1.79. The van der Waals surface area contributed by atoms with Crippen molar-refractivity contribution in [3.05, 3.63) is 71.8 Å². The Morgan fingerprint density at radius 1 is 0.919 bits per heavy atom. The van der Waals surface area contributed by atoms with Gasteiger partial charge < -0.3 is 20.1 Å². The van der Waals surface area contributed by atoms with E-state index in [1.807, 2.05) is 13.0 Å². The molecule has 4 rings (SSSR count). The van der Waals surface area contributed by atoms with Crippen molar-refractivity contribution < 1.29 is 22.7 Å². The van der Waals surface area contributed by atoms with Gasteiger partial charge in [-0.05, 0) is 42.8 Å². The fourth-order valence-electron chi connectivity index (χ4n) is 3.80. The van der Waals surface area contributed by atoms with E-state index in [4.69, 9.17) is 9.47 Å². The highest BCUT2D eigenvalue weighted by molar-refractivity contribution is 7.92. The maximum absolute atomic E-state index is 13.3. The molecule has 192 valence electrons. The van der Waals surface area contributed by atoms with Crippen LogP contribution in [0, 0.1) is 0 Å². The summed E-state index contributed by atoms with van der Waals surface area (Å²) in [6.45, 7) is 1.98. The third kappa shape index (κ3) is 5.41. The third-order valence-corrected chi connectivity index (χ3v) is 7.06. The van der Waals surface area contributed by atoms with Crippen LogP contribution in [0.1, 0.15) is 22.8 Å². The molecule has 0 bridgehead atoms. The van der Waals surface area contributed by atoms with Crippen molar-refractivity contribution in [3.8, 4) is 11.5 Å². The topological polar surface area (TPSA) is 132 Å². The van der Waals surface area contributed by atoms with Gasteiger partial charge in [0.25, 0.3) is 15.9 Å². The van der Waals surface area contributed by atoms with Crippen LogP contribution >= 0.6 is 0 Å². The minimum atomic E-state index is -4.06. The number of ether oxygens (including phenoxy) is 2. The second-order valence-electron chi connectivity index (χ2n) is 7.95. The van der Waals surface area contributed by atoms with Crippen LogP contribution in [-0.2, 0) is 16.4 Å². The van der Waals surface area contributed by atoms with Crippen molar-refractivity contribution in [2.45, 2.75) is 18.2 Å². The zero-order valence-corrected chi connectivity index (χ0v) is 21.6. The standard InChI is InChI=1S/C26H27N5O5S/c1-5-19-22(14-17(35-3)15-23(19)36-4)30-24-25(29-21-9-7-6-8-20(21)28-24)31-37(33,34)18-12-10-16(11-13-18)26(32)27-2/h6-15H,5H2,1-4H3,(H,27,32)(H,28,30)(H,29,31). The Labute approximate surface area is 215 Å². The smallest absolute Gasteiger partial charge is 0.263 e. The van der Waals surface area contributed by atoms with Gasteiger partial charge in [-0.2, -0.15) is 0 Å². The molecule has 0 aliphatic carbocycles. The van der Waals surface area contributed by atoms with E-state index in [1.54, 1.807) is 44.6 Å². The van der Waals surface area contributed by atoms with E-state index in [9.17, 15) is 13.2 Å². The Morgan fingerprint density at radius 3 is 2.14 bits per heavy atom. The number of nitrogens with one attached hydrogen (secondary N) is 3. The average Bonchev–Trinajstić information content (AvgIpc) is 2.92. The second-order valence-corrected chi connectivity index (χ2v) is 9.64. The van der Waals surface area contributed by atoms with E-state index in [0.29, 0.717) is 40.2 Å². The molecule has 0 radical (unpaired) electrons. The minimum Gasteiger partial charge on any atom is -0.497 e. The van der Waals surface area contributed by atoms with E-state index in [0.717, 1.165) is 5.56 Å². The molecule has 0 aliphatic heterocycles. The van der Waals surface area contributed by atoms with Crippen LogP contribution in [0.5, 0.6) is 11.5 Å². The van der Waals surface area contributed by atoms with Crippen molar-refractivity contribution in [1.82, 2.24) is 15.3 Å². The lowest BCUT2D eigenvalue weighted by molar-refractivity contribution is 0.0963. The van der Waals surface area contributed by atoms with Crippen LogP contribution in [0.2, 0.25) is 0 Å². The first-order valence-corrected chi connectivity index (χ1v) is 12.9. The van der Waals surface area contributed by atoms with Gasteiger partial charge in [-0.3, -0.25) is 9.52 Å². The first-order valence-electron chi connectivity index (χ1n) is 11.4. The van der Waals surface area contributed by atoms with Crippen molar-refractivity contribution in [3.63, 3.8) is 0 Å². The number of para-hydroxylation sites is 2. The zero-order valence-electron chi connectivity index (χ0n) is 20.8. The second kappa shape index (κ2) is 10.7. The monoisotopic (exact) mass is 521 g/mol. The SMILES string of the molecule is CCc1c(Nc2nc3ccccc3nc2NS(=O)(=O)c2ccc(C(=O)NC)cc2)cc(OC)cc1OC. The van der Waals surface area contributed by atoms with Gasteiger partial charge in [-0.15, -0.1) is 0 Å². The van der Waals surface area contributed by atoms with E-state index in [1.165, 1.54) is 31.3 Å². The number of amides is 1. The number of anilines is 3. The van der Waals surface area contributed by atoms with Gasteiger partial charge in [-0.1, -0.05) is 19.1 Å². The molecule has 1 aromatic heterocycles. The summed E-state index contributed by atoms with van der Waals surface area (Å²) in [5.74, 6) is 1.08. The summed E-state index contributed by atoms with van der Waals surface area (Å²) in [7, 11) is 0.565. The van der Waals surface area contributed by atoms with Gasteiger partial charge in [-0.25, -0.2) is 18.4 Å². The number of carbonyl (C=O) groups excluding carboxylic acids is 1. The predicted molar refractivity (Wildman–Crippen MR) is 142 cm³/mol. The summed E-state index contributed by atoms with van der Waals surface area (Å²) in [5, 5.41) is 5.73. The first-order chi connectivity index (χ1) is 17.8. The molecule has 0 saturated heterocycles. The summed E-state index contributed by atoms with van der Waals surface area (Å²) in [4.78, 5) is 21.0. The van der Waals surface area contributed by atoms with Gasteiger partial charge in [0.1, 0.15) is 11.5 Å². The van der Waals surface area contributed by atoms with Gasteiger partial charge >= 0.3 is 0 Å². The van der Waals surface area contributed by atoms with Crippen molar-refractivity contribution in [1.29, 1.82) is 0 Å². The van der Waals surface area contributed by atoms with Crippen LogP contribution in [0.15, 0.2) is 65.6 Å². The molecule has 0 saturated carbocycles. The number of nitrogens with zero attached hydrogens (tertiary/aromatic N) is 2. The van der Waals surface area contributed by atoms with Crippen LogP contribution in [-0.4, -0.2) is 45.6 Å². The quantitative estimate of drug-likeness (QED) is 0.300. The molecule has 10 nitrogen and oxygen atoms in total. The molecule has 0 fully saturated rings. The largest absolute Gasteiger partial charge is 0.497 e. The van der Waals surface area contributed by atoms with E-state index in [-0.39, 0.29) is 22.4 Å². The highest BCUT2D eigenvalue weighted by Crippen LogP contribution is 2.36. The maximum atomic E-state index is 13.3. The fourth-order valence-corrected chi connectivity index (χ4v) is 4.81. The summed E-state index contributed by atoms with van der Waals surface area (Å²) in [5.41, 5.74) is 2.93. The molecule has 0 unspecified atom stereocenters. The molecule has 0 spiro atoms. The van der Waals surface area contributed by atoms with E-state index < -0.39 is 10.0 Å². The number of fused-ring (bicyclic) bond motifs is 1. The molecule has 0 aliphatic rings. The predicted octanol–water partition coefficient (Wildman–Crippen LogP) is 4.11. The van der Waals surface area contributed by atoms with Gasteiger partial charge in [0.15, 0.2) is 11.6 Å². The number of carbonyl (C=O) groups is 1. The van der Waals surface area contributed by atoms with Crippen LogP contribution < -0.4 is 24.8 Å². The molecule has 4 aromatic rings. The normalized spacial score (nSPS) is 11.1. The Hall–Kier alpha value is -4.38. The number of benzene rings is 3. The molecular formula is C26H27N5O5S. The lowest BCUT2D eigenvalue weighted by atomic mass is 10.1. The minimum absolute atomic E-state index is 0.0120. The van der Waals surface area contributed by atoms with Crippen molar-refractivity contribution in [2.75, 3.05) is 31.3 Å². The highest BCUT2D eigenvalue weighted by Gasteiger charge is 2.21. The summed E-state index contributed by atoms with van der Waals surface area (Å²) >= 11 is 0. The number of hydrogen-bond acceptors (Lipinski definition) is 8. The number of rotatable bonds is 9. The zero-order chi connectivity index (χ0) is 26.6. The molecular weight excluding hydrogens is 494 g/mol. The summed E-state index contributed by atoms with van der Waals surface area (Å²) in [6, 6.07) is 16.3.